The molecule has 1 aromatic carbocycles. The zero-order chi connectivity index (χ0) is 17.2. The van der Waals surface area contributed by atoms with E-state index in [0.29, 0.717) is 17.3 Å². The van der Waals surface area contributed by atoms with Crippen molar-refractivity contribution in [2.75, 3.05) is 0 Å². The van der Waals surface area contributed by atoms with Crippen LogP contribution in [0.1, 0.15) is 42.6 Å². The standard InChI is InChI=1S/C18H19N3O2S/c1-18(2,3)13-8-6-12(7-9-13)17(22)19-11-15-20-16(21-23-15)14-5-4-10-24-14/h4-10H,11H2,1-3H3,(H,19,22). The molecule has 5 nitrogen and oxygen atoms in total. The first-order valence-corrected chi connectivity index (χ1v) is 8.56. The molecule has 3 aromatic rings. The zero-order valence-electron chi connectivity index (χ0n) is 13.9. The Morgan fingerprint density at radius 2 is 1.96 bits per heavy atom. The monoisotopic (exact) mass is 341 g/mol. The number of carbonyl (C=O) groups is 1. The van der Waals surface area contributed by atoms with E-state index in [1.54, 1.807) is 11.3 Å². The van der Waals surface area contributed by atoms with Gasteiger partial charge in [-0.1, -0.05) is 44.1 Å². The van der Waals surface area contributed by atoms with Crippen LogP contribution in [0.3, 0.4) is 0 Å². The Labute approximate surface area is 144 Å². The molecule has 0 aliphatic carbocycles. The van der Waals surface area contributed by atoms with Crippen molar-refractivity contribution in [2.24, 2.45) is 0 Å². The van der Waals surface area contributed by atoms with E-state index in [-0.39, 0.29) is 17.9 Å². The van der Waals surface area contributed by atoms with Gasteiger partial charge in [-0.25, -0.2) is 0 Å². The molecule has 0 aliphatic heterocycles. The summed E-state index contributed by atoms with van der Waals surface area (Å²) in [6, 6.07) is 11.5. The molecular formula is C18H19N3O2S. The predicted molar refractivity (Wildman–Crippen MR) is 93.9 cm³/mol. The lowest BCUT2D eigenvalue weighted by Crippen LogP contribution is -2.23. The molecule has 0 radical (unpaired) electrons. The van der Waals surface area contributed by atoms with E-state index < -0.39 is 0 Å². The Morgan fingerprint density at radius 1 is 1.21 bits per heavy atom. The van der Waals surface area contributed by atoms with Crippen molar-refractivity contribution in [2.45, 2.75) is 32.7 Å². The number of nitrogens with one attached hydrogen (secondary N) is 1. The highest BCUT2D eigenvalue weighted by atomic mass is 32.1. The van der Waals surface area contributed by atoms with Crippen LogP contribution in [0, 0.1) is 0 Å². The highest BCUT2D eigenvalue weighted by Crippen LogP contribution is 2.22. The van der Waals surface area contributed by atoms with Gasteiger partial charge in [-0.05, 0) is 34.6 Å². The number of hydrogen-bond donors (Lipinski definition) is 1. The first-order valence-electron chi connectivity index (χ1n) is 7.69. The van der Waals surface area contributed by atoms with Crippen molar-refractivity contribution < 1.29 is 9.32 Å². The van der Waals surface area contributed by atoms with E-state index in [9.17, 15) is 4.79 Å². The van der Waals surface area contributed by atoms with Crippen LogP contribution >= 0.6 is 11.3 Å². The fourth-order valence-electron chi connectivity index (χ4n) is 2.21. The summed E-state index contributed by atoms with van der Waals surface area (Å²) in [5, 5.41) is 8.67. The molecule has 0 bridgehead atoms. The molecule has 3 rings (SSSR count). The molecule has 0 atom stereocenters. The highest BCUT2D eigenvalue weighted by molar-refractivity contribution is 7.13. The van der Waals surface area contributed by atoms with Crippen LogP contribution in [0.25, 0.3) is 10.7 Å². The summed E-state index contributed by atoms with van der Waals surface area (Å²) < 4.78 is 5.17. The van der Waals surface area contributed by atoms with Crippen molar-refractivity contribution in [1.82, 2.24) is 15.5 Å². The van der Waals surface area contributed by atoms with E-state index in [2.05, 4.69) is 36.2 Å². The van der Waals surface area contributed by atoms with Gasteiger partial charge in [0.2, 0.25) is 11.7 Å². The summed E-state index contributed by atoms with van der Waals surface area (Å²) in [4.78, 5) is 17.4. The Hall–Kier alpha value is -2.47. The fourth-order valence-corrected chi connectivity index (χ4v) is 2.86. The number of benzene rings is 1. The zero-order valence-corrected chi connectivity index (χ0v) is 14.7. The van der Waals surface area contributed by atoms with Crippen LogP contribution in [0.5, 0.6) is 0 Å². The summed E-state index contributed by atoms with van der Waals surface area (Å²) in [6.07, 6.45) is 0. The molecule has 0 fully saturated rings. The molecule has 1 amide bonds. The van der Waals surface area contributed by atoms with Crippen molar-refractivity contribution >= 4 is 17.2 Å². The third-order valence-electron chi connectivity index (χ3n) is 3.62. The normalized spacial score (nSPS) is 11.5. The van der Waals surface area contributed by atoms with Gasteiger partial charge in [-0.15, -0.1) is 11.3 Å². The fraction of sp³-hybridized carbons (Fsp3) is 0.278. The average Bonchev–Trinajstić information content (AvgIpc) is 3.23. The van der Waals surface area contributed by atoms with Gasteiger partial charge in [0, 0.05) is 5.56 Å². The lowest BCUT2D eigenvalue weighted by Gasteiger charge is -2.18. The topological polar surface area (TPSA) is 68.0 Å². The van der Waals surface area contributed by atoms with Gasteiger partial charge in [0.1, 0.15) is 0 Å². The molecule has 24 heavy (non-hydrogen) atoms. The van der Waals surface area contributed by atoms with Gasteiger partial charge in [0.05, 0.1) is 11.4 Å². The van der Waals surface area contributed by atoms with E-state index in [1.165, 1.54) is 5.56 Å². The van der Waals surface area contributed by atoms with Crippen LogP contribution in [0.15, 0.2) is 46.3 Å². The molecule has 0 saturated carbocycles. The SMILES string of the molecule is CC(C)(C)c1ccc(C(=O)NCc2nc(-c3cccs3)no2)cc1. The van der Waals surface area contributed by atoms with Gasteiger partial charge >= 0.3 is 0 Å². The first kappa shape index (κ1) is 16.4. The maximum atomic E-state index is 12.2. The van der Waals surface area contributed by atoms with Crippen LogP contribution in [0.2, 0.25) is 0 Å². The third-order valence-corrected chi connectivity index (χ3v) is 4.49. The second kappa shape index (κ2) is 6.57. The maximum Gasteiger partial charge on any atom is 0.251 e. The summed E-state index contributed by atoms with van der Waals surface area (Å²) >= 11 is 1.54. The molecule has 0 spiro atoms. The quantitative estimate of drug-likeness (QED) is 0.778. The maximum absolute atomic E-state index is 12.2. The van der Waals surface area contributed by atoms with E-state index >= 15 is 0 Å². The van der Waals surface area contributed by atoms with Gasteiger partial charge in [0.25, 0.3) is 5.91 Å². The number of amides is 1. The predicted octanol–water partition coefficient (Wildman–Crippen LogP) is 4.03. The first-order chi connectivity index (χ1) is 11.4. The number of aromatic nitrogens is 2. The molecule has 124 valence electrons. The lowest BCUT2D eigenvalue weighted by atomic mass is 9.87. The largest absolute Gasteiger partial charge is 0.343 e. The molecule has 2 aromatic heterocycles. The van der Waals surface area contributed by atoms with Crippen molar-refractivity contribution in [1.29, 1.82) is 0 Å². The number of thiophene rings is 1. The molecule has 0 aliphatic rings. The van der Waals surface area contributed by atoms with Gasteiger partial charge in [-0.3, -0.25) is 4.79 Å². The van der Waals surface area contributed by atoms with Gasteiger partial charge in [-0.2, -0.15) is 4.98 Å². The highest BCUT2D eigenvalue weighted by Gasteiger charge is 2.15. The average molecular weight is 341 g/mol. The molecule has 0 saturated heterocycles. The molecular weight excluding hydrogens is 322 g/mol. The molecule has 1 N–H and O–H groups in total. The molecule has 6 heteroatoms. The minimum atomic E-state index is -0.161. The summed E-state index contributed by atoms with van der Waals surface area (Å²) in [5.41, 5.74) is 1.87. The Kier molecular flexibility index (Phi) is 4.49. The number of nitrogens with zero attached hydrogens (tertiary/aromatic N) is 2. The Morgan fingerprint density at radius 3 is 2.58 bits per heavy atom. The molecule has 2 heterocycles. The Bertz CT molecular complexity index is 815. The van der Waals surface area contributed by atoms with Gasteiger partial charge in [0.15, 0.2) is 0 Å². The van der Waals surface area contributed by atoms with E-state index in [4.69, 9.17) is 4.52 Å². The van der Waals surface area contributed by atoms with Gasteiger partial charge < -0.3 is 9.84 Å². The summed E-state index contributed by atoms with van der Waals surface area (Å²) in [5.74, 6) is 0.771. The molecule has 0 unspecified atom stereocenters. The number of carbonyl (C=O) groups excluding carboxylic acids is 1. The van der Waals surface area contributed by atoms with E-state index in [1.807, 2.05) is 41.8 Å². The number of rotatable bonds is 4. The van der Waals surface area contributed by atoms with Crippen molar-refractivity contribution in [3.05, 3.63) is 58.8 Å². The van der Waals surface area contributed by atoms with Crippen molar-refractivity contribution in [3.8, 4) is 10.7 Å². The van der Waals surface area contributed by atoms with Crippen LogP contribution in [0.4, 0.5) is 0 Å². The third kappa shape index (κ3) is 3.71. The second-order valence-electron chi connectivity index (χ2n) is 6.50. The van der Waals surface area contributed by atoms with Crippen molar-refractivity contribution in [3.63, 3.8) is 0 Å². The summed E-state index contributed by atoms with van der Waals surface area (Å²) in [7, 11) is 0. The smallest absolute Gasteiger partial charge is 0.251 e. The number of hydrogen-bond acceptors (Lipinski definition) is 5. The summed E-state index contributed by atoms with van der Waals surface area (Å²) in [6.45, 7) is 6.63. The lowest BCUT2D eigenvalue weighted by molar-refractivity contribution is 0.0946. The van der Waals surface area contributed by atoms with Crippen LogP contribution < -0.4 is 5.32 Å². The van der Waals surface area contributed by atoms with Crippen LogP contribution in [-0.2, 0) is 12.0 Å². The minimum absolute atomic E-state index is 0.0664. The Balaban J connectivity index is 1.61. The second-order valence-corrected chi connectivity index (χ2v) is 7.45. The van der Waals surface area contributed by atoms with E-state index in [0.717, 1.165) is 4.88 Å². The minimum Gasteiger partial charge on any atom is -0.343 e. The van der Waals surface area contributed by atoms with Crippen LogP contribution in [-0.4, -0.2) is 16.0 Å².